The number of halogens is 1. The van der Waals surface area contributed by atoms with E-state index in [2.05, 4.69) is 5.32 Å². The number of nitrogens with one attached hydrogen (secondary N) is 1. The molecule has 1 N–H and O–H groups in total. The minimum Gasteiger partial charge on any atom is -0.342 e. The van der Waals surface area contributed by atoms with Crippen LogP contribution in [0, 0.1) is 10.1 Å². The summed E-state index contributed by atoms with van der Waals surface area (Å²) in [6.07, 6.45) is 3.37. The second-order valence-corrected chi connectivity index (χ2v) is 5.44. The lowest BCUT2D eigenvalue weighted by atomic mass is 10.1. The Morgan fingerprint density at radius 2 is 2.00 bits per heavy atom. The van der Waals surface area contributed by atoms with Crippen LogP contribution in [0.5, 0.6) is 0 Å². The summed E-state index contributed by atoms with van der Waals surface area (Å²) in [4.78, 5) is 24.3. The summed E-state index contributed by atoms with van der Waals surface area (Å²) < 4.78 is 0. The highest BCUT2D eigenvalue weighted by atomic mass is 35.5. The third-order valence-electron chi connectivity index (χ3n) is 3.99. The summed E-state index contributed by atoms with van der Waals surface area (Å²) in [7, 11) is 1.85. The number of nitrogens with zero attached hydrogens (tertiary/aromatic N) is 2. The van der Waals surface area contributed by atoms with Crippen molar-refractivity contribution in [3.8, 4) is 0 Å². The molecule has 1 saturated heterocycles. The van der Waals surface area contributed by atoms with Crippen molar-refractivity contribution in [2.45, 2.75) is 31.7 Å². The minimum atomic E-state index is -0.434. The van der Waals surface area contributed by atoms with Crippen LogP contribution >= 0.6 is 12.4 Å². The van der Waals surface area contributed by atoms with Gasteiger partial charge in [-0.2, -0.15) is 0 Å². The molecule has 7 heteroatoms. The van der Waals surface area contributed by atoms with Gasteiger partial charge in [0.15, 0.2) is 0 Å². The number of carbonyl (C=O) groups is 1. The lowest BCUT2D eigenvalue weighted by molar-refractivity contribution is -0.384. The van der Waals surface area contributed by atoms with Gasteiger partial charge in [0.1, 0.15) is 0 Å². The molecular formula is C15H22ClN3O3. The molecule has 1 heterocycles. The van der Waals surface area contributed by atoms with Gasteiger partial charge in [0, 0.05) is 25.2 Å². The van der Waals surface area contributed by atoms with Crippen LogP contribution in [-0.4, -0.2) is 41.9 Å². The lowest BCUT2D eigenvalue weighted by Gasteiger charge is -2.27. The Kier molecular flexibility index (Phi) is 7.27. The summed E-state index contributed by atoms with van der Waals surface area (Å²) in [5.74, 6) is 0.0655. The quantitative estimate of drug-likeness (QED) is 0.679. The van der Waals surface area contributed by atoms with Crippen LogP contribution in [0.15, 0.2) is 24.3 Å². The number of carbonyl (C=O) groups excluding carboxylic acids is 1. The van der Waals surface area contributed by atoms with Gasteiger partial charge in [-0.25, -0.2) is 0 Å². The van der Waals surface area contributed by atoms with Gasteiger partial charge in [0.05, 0.1) is 11.3 Å². The van der Waals surface area contributed by atoms with E-state index in [4.69, 9.17) is 0 Å². The molecule has 0 saturated carbocycles. The van der Waals surface area contributed by atoms with Gasteiger partial charge >= 0.3 is 0 Å². The first-order valence-corrected chi connectivity index (χ1v) is 7.27. The van der Waals surface area contributed by atoms with E-state index in [0.29, 0.717) is 6.42 Å². The minimum absolute atomic E-state index is 0. The van der Waals surface area contributed by atoms with Crippen LogP contribution in [0.3, 0.4) is 0 Å². The molecule has 1 aliphatic rings. The topological polar surface area (TPSA) is 75.5 Å². The van der Waals surface area contributed by atoms with Gasteiger partial charge in [0.25, 0.3) is 5.69 Å². The molecule has 22 heavy (non-hydrogen) atoms. The van der Waals surface area contributed by atoms with E-state index in [9.17, 15) is 14.9 Å². The predicted molar refractivity (Wildman–Crippen MR) is 87.3 cm³/mol. The standard InChI is InChI=1S/C15H21N3O3.ClH/c1-17(13-3-2-9-16-10-8-13)15(19)11-12-4-6-14(7-5-12)18(20)21;/h4-7,13,16H,2-3,8-11H2,1H3;1H. The fourth-order valence-corrected chi connectivity index (χ4v) is 2.63. The number of hydrogen-bond acceptors (Lipinski definition) is 4. The summed E-state index contributed by atoms with van der Waals surface area (Å²) >= 11 is 0. The van der Waals surface area contributed by atoms with Gasteiger partial charge in [-0.15, -0.1) is 12.4 Å². The van der Waals surface area contributed by atoms with E-state index in [1.165, 1.54) is 12.1 Å². The molecule has 6 nitrogen and oxygen atoms in total. The van der Waals surface area contributed by atoms with Crippen LogP contribution in [0.2, 0.25) is 0 Å². The molecule has 2 rings (SSSR count). The first-order chi connectivity index (χ1) is 10.1. The summed E-state index contributed by atoms with van der Waals surface area (Å²) in [6, 6.07) is 6.47. The number of hydrogen-bond donors (Lipinski definition) is 1. The average molecular weight is 328 g/mol. The molecule has 0 bridgehead atoms. The van der Waals surface area contributed by atoms with Crippen molar-refractivity contribution in [2.75, 3.05) is 20.1 Å². The molecule has 1 aliphatic heterocycles. The zero-order chi connectivity index (χ0) is 15.2. The maximum Gasteiger partial charge on any atom is 0.269 e. The monoisotopic (exact) mass is 327 g/mol. The predicted octanol–water partition coefficient (Wildman–Crippen LogP) is 2.16. The van der Waals surface area contributed by atoms with Crippen LogP contribution in [0.25, 0.3) is 0 Å². The highest BCUT2D eigenvalue weighted by Crippen LogP contribution is 2.16. The fraction of sp³-hybridized carbons (Fsp3) is 0.533. The zero-order valence-corrected chi connectivity index (χ0v) is 13.5. The van der Waals surface area contributed by atoms with Crippen molar-refractivity contribution in [2.24, 2.45) is 0 Å². The molecule has 1 atom stereocenters. The SMILES string of the molecule is CN(C(=O)Cc1ccc([N+](=O)[O-])cc1)C1CCCNCC1.Cl. The Morgan fingerprint density at radius 3 is 2.64 bits per heavy atom. The van der Waals surface area contributed by atoms with Gasteiger partial charge in [-0.1, -0.05) is 12.1 Å². The maximum absolute atomic E-state index is 12.3. The molecule has 1 aromatic carbocycles. The number of amides is 1. The Labute approximate surface area is 136 Å². The normalized spacial score (nSPS) is 18.0. The molecule has 1 aromatic rings. The summed E-state index contributed by atoms with van der Waals surface area (Å²) in [5.41, 5.74) is 0.860. The number of nitro groups is 1. The van der Waals surface area contributed by atoms with Gasteiger partial charge in [-0.3, -0.25) is 14.9 Å². The van der Waals surface area contributed by atoms with Gasteiger partial charge in [0.2, 0.25) is 5.91 Å². The molecule has 0 aromatic heterocycles. The molecule has 0 radical (unpaired) electrons. The maximum atomic E-state index is 12.3. The Balaban J connectivity index is 0.00000242. The molecule has 0 aliphatic carbocycles. The Hall–Kier alpha value is -1.66. The largest absolute Gasteiger partial charge is 0.342 e. The number of non-ortho nitro benzene ring substituents is 1. The van der Waals surface area contributed by atoms with Crippen LogP contribution in [0.1, 0.15) is 24.8 Å². The molecule has 1 amide bonds. The van der Waals surface area contributed by atoms with E-state index in [-0.39, 0.29) is 30.0 Å². The fourth-order valence-electron chi connectivity index (χ4n) is 2.63. The van der Waals surface area contributed by atoms with Crippen molar-refractivity contribution in [1.82, 2.24) is 10.2 Å². The number of benzene rings is 1. The smallest absolute Gasteiger partial charge is 0.269 e. The van der Waals surface area contributed by atoms with Crippen molar-refractivity contribution in [3.05, 3.63) is 39.9 Å². The van der Waals surface area contributed by atoms with E-state index in [1.54, 1.807) is 12.1 Å². The second kappa shape index (κ2) is 8.70. The summed E-state index contributed by atoms with van der Waals surface area (Å²) in [6.45, 7) is 1.96. The van der Waals surface area contributed by atoms with Crippen LogP contribution in [0.4, 0.5) is 5.69 Å². The van der Waals surface area contributed by atoms with Crippen molar-refractivity contribution in [1.29, 1.82) is 0 Å². The number of rotatable bonds is 4. The Morgan fingerprint density at radius 1 is 1.32 bits per heavy atom. The van der Waals surface area contributed by atoms with Crippen molar-refractivity contribution in [3.63, 3.8) is 0 Å². The molecule has 1 fully saturated rings. The van der Waals surface area contributed by atoms with E-state index in [1.807, 2.05) is 11.9 Å². The van der Waals surface area contributed by atoms with Crippen molar-refractivity contribution >= 4 is 24.0 Å². The highest BCUT2D eigenvalue weighted by Gasteiger charge is 2.21. The molecule has 0 spiro atoms. The average Bonchev–Trinajstić information content (AvgIpc) is 2.76. The molecular weight excluding hydrogens is 306 g/mol. The van der Waals surface area contributed by atoms with Crippen LogP contribution in [-0.2, 0) is 11.2 Å². The van der Waals surface area contributed by atoms with Crippen molar-refractivity contribution < 1.29 is 9.72 Å². The third kappa shape index (κ3) is 4.96. The summed E-state index contributed by atoms with van der Waals surface area (Å²) in [5, 5.41) is 13.9. The first-order valence-electron chi connectivity index (χ1n) is 7.27. The van der Waals surface area contributed by atoms with E-state index < -0.39 is 4.92 Å². The van der Waals surface area contributed by atoms with Crippen LogP contribution < -0.4 is 5.32 Å². The second-order valence-electron chi connectivity index (χ2n) is 5.44. The first kappa shape index (κ1) is 18.4. The van der Waals surface area contributed by atoms with E-state index >= 15 is 0 Å². The number of nitro benzene ring substituents is 1. The number of likely N-dealkylation sites (N-methyl/N-ethyl adjacent to an activating group) is 1. The van der Waals surface area contributed by atoms with E-state index in [0.717, 1.165) is 37.9 Å². The Bertz CT molecular complexity index is 499. The van der Waals surface area contributed by atoms with Gasteiger partial charge in [-0.05, 0) is 37.9 Å². The molecule has 122 valence electrons. The zero-order valence-electron chi connectivity index (χ0n) is 12.7. The third-order valence-corrected chi connectivity index (χ3v) is 3.99. The molecule has 1 unspecified atom stereocenters. The van der Waals surface area contributed by atoms with Gasteiger partial charge < -0.3 is 10.2 Å². The highest BCUT2D eigenvalue weighted by molar-refractivity contribution is 5.85. The lowest BCUT2D eigenvalue weighted by Crippen LogP contribution is -2.38.